The van der Waals surface area contributed by atoms with Crippen molar-refractivity contribution in [3.05, 3.63) is 41.7 Å². The van der Waals surface area contributed by atoms with Gasteiger partial charge in [0.25, 0.3) is 0 Å². The molecule has 1 unspecified atom stereocenters. The van der Waals surface area contributed by atoms with E-state index in [0.717, 1.165) is 11.1 Å². The number of aliphatic hydroxyl groups is 1. The van der Waals surface area contributed by atoms with Crippen LogP contribution in [0.4, 0.5) is 0 Å². The minimum absolute atomic E-state index is 0.303. The van der Waals surface area contributed by atoms with Gasteiger partial charge in [0, 0.05) is 25.4 Å². The quantitative estimate of drug-likeness (QED) is 0.447. The van der Waals surface area contributed by atoms with Gasteiger partial charge in [-0.05, 0) is 38.5 Å². The Morgan fingerprint density at radius 1 is 1.29 bits per heavy atom. The van der Waals surface area contributed by atoms with Crippen molar-refractivity contribution >= 4 is 5.96 Å². The van der Waals surface area contributed by atoms with E-state index in [2.05, 4.69) is 20.7 Å². The number of aryl methyl sites for hydroxylation is 1. The number of methoxy groups -OCH3 is 1. The van der Waals surface area contributed by atoms with Crippen molar-refractivity contribution in [3.8, 4) is 11.5 Å². The Kier molecular flexibility index (Phi) is 7.69. The molecule has 154 valence electrons. The maximum absolute atomic E-state index is 10.7. The second-order valence-corrected chi connectivity index (χ2v) is 6.64. The van der Waals surface area contributed by atoms with Crippen molar-refractivity contribution in [2.24, 2.45) is 12.0 Å². The molecule has 2 aromatic rings. The molecule has 28 heavy (non-hydrogen) atoms. The first-order valence-corrected chi connectivity index (χ1v) is 9.43. The van der Waals surface area contributed by atoms with Gasteiger partial charge in [-0.2, -0.15) is 5.10 Å². The van der Waals surface area contributed by atoms with Crippen molar-refractivity contribution in [1.29, 1.82) is 0 Å². The predicted molar refractivity (Wildman–Crippen MR) is 110 cm³/mol. The monoisotopic (exact) mass is 389 g/mol. The van der Waals surface area contributed by atoms with E-state index in [1.165, 1.54) is 0 Å². The number of hydrogen-bond acceptors (Lipinski definition) is 5. The van der Waals surface area contributed by atoms with Crippen LogP contribution in [0.1, 0.15) is 31.9 Å². The summed E-state index contributed by atoms with van der Waals surface area (Å²) in [5.74, 6) is 2.03. The van der Waals surface area contributed by atoms with Crippen molar-refractivity contribution in [1.82, 2.24) is 20.4 Å². The maximum atomic E-state index is 10.7. The SMILES string of the molecule is CCNC(=NCc1ccc(OC)c(OCC)c1)NCC(C)(O)c1cnn(C)c1. The van der Waals surface area contributed by atoms with Gasteiger partial charge in [0.2, 0.25) is 0 Å². The zero-order chi connectivity index (χ0) is 20.6. The molecule has 1 atom stereocenters. The lowest BCUT2D eigenvalue weighted by Gasteiger charge is -2.23. The number of guanidine groups is 1. The van der Waals surface area contributed by atoms with E-state index < -0.39 is 5.60 Å². The molecule has 0 amide bonds. The van der Waals surface area contributed by atoms with E-state index in [0.29, 0.717) is 43.7 Å². The Labute approximate surface area is 166 Å². The number of aliphatic imine (C=N–C) groups is 1. The number of aromatic nitrogens is 2. The van der Waals surface area contributed by atoms with Gasteiger partial charge in [-0.25, -0.2) is 4.99 Å². The molecule has 2 rings (SSSR count). The number of ether oxygens (including phenoxy) is 2. The van der Waals surface area contributed by atoms with E-state index in [4.69, 9.17) is 9.47 Å². The molecule has 0 bridgehead atoms. The van der Waals surface area contributed by atoms with Crippen LogP contribution in [0, 0.1) is 0 Å². The molecule has 0 aliphatic carbocycles. The first-order chi connectivity index (χ1) is 13.4. The molecule has 0 saturated carbocycles. The lowest BCUT2D eigenvalue weighted by atomic mass is 10.00. The maximum Gasteiger partial charge on any atom is 0.191 e. The molecular formula is C20H31N5O3. The Morgan fingerprint density at radius 3 is 2.68 bits per heavy atom. The fraction of sp³-hybridized carbons (Fsp3) is 0.500. The highest BCUT2D eigenvalue weighted by atomic mass is 16.5. The van der Waals surface area contributed by atoms with Crippen LogP contribution in [0.3, 0.4) is 0 Å². The van der Waals surface area contributed by atoms with Crippen molar-refractivity contribution in [2.75, 3.05) is 26.8 Å². The van der Waals surface area contributed by atoms with Crippen molar-refractivity contribution in [3.63, 3.8) is 0 Å². The predicted octanol–water partition coefficient (Wildman–Crippen LogP) is 1.79. The molecule has 1 aromatic carbocycles. The van der Waals surface area contributed by atoms with Crippen LogP contribution in [0.5, 0.6) is 11.5 Å². The molecule has 0 radical (unpaired) electrons. The third kappa shape index (κ3) is 5.88. The first-order valence-electron chi connectivity index (χ1n) is 9.43. The van der Waals surface area contributed by atoms with Gasteiger partial charge in [-0.1, -0.05) is 6.07 Å². The fourth-order valence-corrected chi connectivity index (χ4v) is 2.66. The molecule has 0 aliphatic heterocycles. The highest BCUT2D eigenvalue weighted by molar-refractivity contribution is 5.79. The first kappa shape index (κ1) is 21.6. The summed E-state index contributed by atoms with van der Waals surface area (Å²) in [7, 11) is 3.45. The summed E-state index contributed by atoms with van der Waals surface area (Å²) < 4.78 is 12.6. The highest BCUT2D eigenvalue weighted by Crippen LogP contribution is 2.28. The number of nitrogens with one attached hydrogen (secondary N) is 2. The second-order valence-electron chi connectivity index (χ2n) is 6.64. The average Bonchev–Trinajstić information content (AvgIpc) is 3.12. The smallest absolute Gasteiger partial charge is 0.191 e. The van der Waals surface area contributed by atoms with E-state index >= 15 is 0 Å². The summed E-state index contributed by atoms with van der Waals surface area (Å²) in [5, 5.41) is 21.2. The standard InChI is InChI=1S/C20H31N5O3/c1-6-21-19(23-14-20(3,26)16-12-24-25(4)13-16)22-11-15-8-9-17(27-5)18(10-15)28-7-2/h8-10,12-13,26H,6-7,11,14H2,1-5H3,(H2,21,22,23). The van der Waals surface area contributed by atoms with Crippen LogP contribution in [0.25, 0.3) is 0 Å². The van der Waals surface area contributed by atoms with Crippen LogP contribution in [0.15, 0.2) is 35.6 Å². The third-order valence-corrected chi connectivity index (χ3v) is 4.22. The van der Waals surface area contributed by atoms with Crippen LogP contribution >= 0.6 is 0 Å². The van der Waals surface area contributed by atoms with E-state index in [1.54, 1.807) is 31.1 Å². The van der Waals surface area contributed by atoms with E-state index in [1.807, 2.05) is 39.1 Å². The van der Waals surface area contributed by atoms with Crippen LogP contribution in [-0.4, -0.2) is 47.7 Å². The van der Waals surface area contributed by atoms with Gasteiger partial charge >= 0.3 is 0 Å². The molecule has 0 saturated heterocycles. The second kappa shape index (κ2) is 9.98. The van der Waals surface area contributed by atoms with Crippen LogP contribution in [-0.2, 0) is 19.2 Å². The molecule has 0 fully saturated rings. The Bertz CT molecular complexity index is 786. The molecule has 3 N–H and O–H groups in total. The lowest BCUT2D eigenvalue weighted by Crippen LogP contribution is -2.44. The van der Waals surface area contributed by atoms with Gasteiger partial charge in [-0.15, -0.1) is 0 Å². The van der Waals surface area contributed by atoms with Gasteiger partial charge in [0.05, 0.1) is 33.0 Å². The summed E-state index contributed by atoms with van der Waals surface area (Å²) in [4.78, 5) is 4.61. The van der Waals surface area contributed by atoms with Crippen LogP contribution < -0.4 is 20.1 Å². The van der Waals surface area contributed by atoms with Gasteiger partial charge in [0.1, 0.15) is 5.60 Å². The summed E-state index contributed by atoms with van der Waals surface area (Å²) in [6.45, 7) is 7.73. The van der Waals surface area contributed by atoms with Crippen molar-refractivity contribution < 1.29 is 14.6 Å². The minimum Gasteiger partial charge on any atom is -0.493 e. The Morgan fingerprint density at radius 2 is 2.07 bits per heavy atom. The Hall–Kier alpha value is -2.74. The molecular weight excluding hydrogens is 358 g/mol. The van der Waals surface area contributed by atoms with Gasteiger partial charge in [-0.3, -0.25) is 4.68 Å². The molecule has 8 nitrogen and oxygen atoms in total. The number of nitrogens with zero attached hydrogens (tertiary/aromatic N) is 3. The average molecular weight is 390 g/mol. The summed E-state index contributed by atoms with van der Waals surface area (Å²) in [6, 6.07) is 5.77. The molecule has 0 aliphatic rings. The molecule has 1 heterocycles. The summed E-state index contributed by atoms with van der Waals surface area (Å²) in [5.41, 5.74) is 0.683. The highest BCUT2D eigenvalue weighted by Gasteiger charge is 2.25. The van der Waals surface area contributed by atoms with Crippen LogP contribution in [0.2, 0.25) is 0 Å². The van der Waals surface area contributed by atoms with E-state index in [-0.39, 0.29) is 0 Å². The third-order valence-electron chi connectivity index (χ3n) is 4.22. The Balaban J connectivity index is 2.06. The van der Waals surface area contributed by atoms with Gasteiger partial charge < -0.3 is 25.2 Å². The topological polar surface area (TPSA) is 92.9 Å². The molecule has 8 heteroatoms. The minimum atomic E-state index is -1.06. The lowest BCUT2D eigenvalue weighted by molar-refractivity contribution is 0.0616. The zero-order valence-corrected chi connectivity index (χ0v) is 17.3. The molecule has 1 aromatic heterocycles. The normalized spacial score (nSPS) is 13.7. The number of hydrogen-bond donors (Lipinski definition) is 3. The van der Waals surface area contributed by atoms with Gasteiger partial charge in [0.15, 0.2) is 17.5 Å². The zero-order valence-electron chi connectivity index (χ0n) is 17.3. The summed E-state index contributed by atoms with van der Waals surface area (Å²) >= 11 is 0. The van der Waals surface area contributed by atoms with Crippen molar-refractivity contribution in [2.45, 2.75) is 32.9 Å². The number of rotatable bonds is 9. The fourth-order valence-electron chi connectivity index (χ4n) is 2.66. The summed E-state index contributed by atoms with van der Waals surface area (Å²) in [6.07, 6.45) is 3.47. The van der Waals surface area contributed by atoms with E-state index in [9.17, 15) is 5.11 Å². The number of benzene rings is 1. The molecule has 0 spiro atoms. The largest absolute Gasteiger partial charge is 0.493 e.